The Labute approximate surface area is 82.3 Å². The summed E-state index contributed by atoms with van der Waals surface area (Å²) in [7, 11) is 0. The van der Waals surface area contributed by atoms with Gasteiger partial charge in [0.2, 0.25) is 5.91 Å². The minimum absolute atomic E-state index is 0.395. The maximum absolute atomic E-state index is 10.9. The molecule has 1 unspecified atom stereocenters. The molecule has 0 saturated heterocycles. The van der Waals surface area contributed by atoms with Gasteiger partial charge in [-0.25, -0.2) is 4.79 Å². The molecule has 0 spiro atoms. The third kappa shape index (κ3) is 6.16. The summed E-state index contributed by atoms with van der Waals surface area (Å²) in [5, 5.41) is 3.84. The van der Waals surface area contributed by atoms with Crippen LogP contribution in [0.25, 0.3) is 0 Å². The molecule has 0 saturated carbocycles. The molecule has 4 nitrogen and oxygen atoms in total. The lowest BCUT2D eigenvalue weighted by Gasteiger charge is -2.05. The van der Waals surface area contributed by atoms with E-state index in [1.165, 1.54) is 6.92 Å². The molecule has 0 aromatic rings. The zero-order valence-corrected chi connectivity index (χ0v) is 8.39. The average molecular weight is 205 g/mol. The van der Waals surface area contributed by atoms with E-state index in [2.05, 4.69) is 10.6 Å². The normalized spacial score (nSPS) is 12.5. The van der Waals surface area contributed by atoms with Crippen molar-refractivity contribution in [1.82, 2.24) is 10.6 Å². The lowest BCUT2D eigenvalue weighted by atomic mass is 10.4. The molecule has 1 atom stereocenters. The molecule has 0 rings (SSSR count). The Morgan fingerprint density at radius 2 is 2.15 bits per heavy atom. The molecule has 74 valence electrons. The molecular formula is C8H13ClN2O2. The Kier molecular flexibility index (Phi) is 5.97. The number of alkyl halides is 1. The highest BCUT2D eigenvalue weighted by molar-refractivity contribution is 6.31. The molecule has 0 bridgehead atoms. The van der Waals surface area contributed by atoms with Crippen molar-refractivity contribution < 1.29 is 9.59 Å². The fourth-order valence-corrected chi connectivity index (χ4v) is 0.580. The second kappa shape index (κ2) is 6.48. The fourth-order valence-electron chi connectivity index (χ4n) is 0.525. The number of hydrogen-bond acceptors (Lipinski definition) is 2. The second-order valence-electron chi connectivity index (χ2n) is 2.38. The van der Waals surface area contributed by atoms with Gasteiger partial charge < -0.3 is 5.32 Å². The molecule has 0 aromatic carbocycles. The largest absolute Gasteiger partial charge is 0.334 e. The first-order chi connectivity index (χ1) is 6.07. The van der Waals surface area contributed by atoms with E-state index >= 15 is 0 Å². The summed E-state index contributed by atoms with van der Waals surface area (Å²) in [5.41, 5.74) is 0. The number of rotatable bonds is 3. The summed E-state index contributed by atoms with van der Waals surface area (Å²) >= 11 is 5.43. The number of amides is 3. The van der Waals surface area contributed by atoms with Gasteiger partial charge in [0.25, 0.3) is 0 Å². The summed E-state index contributed by atoms with van der Waals surface area (Å²) < 4.78 is 0. The zero-order valence-electron chi connectivity index (χ0n) is 7.63. The van der Waals surface area contributed by atoms with E-state index in [0.717, 1.165) is 0 Å². The van der Waals surface area contributed by atoms with Gasteiger partial charge in [0.1, 0.15) is 5.38 Å². The van der Waals surface area contributed by atoms with Crippen LogP contribution in [0.1, 0.15) is 13.8 Å². The molecule has 5 heteroatoms. The summed E-state index contributed by atoms with van der Waals surface area (Å²) in [4.78, 5) is 21.8. The van der Waals surface area contributed by atoms with Gasteiger partial charge in [0, 0.05) is 6.54 Å². The van der Waals surface area contributed by atoms with Gasteiger partial charge in [-0.05, 0) is 13.8 Å². The number of imide groups is 1. The van der Waals surface area contributed by atoms with Crippen molar-refractivity contribution in [2.75, 3.05) is 6.54 Å². The smallest absolute Gasteiger partial charge is 0.321 e. The van der Waals surface area contributed by atoms with Crippen LogP contribution >= 0.6 is 11.6 Å². The minimum Gasteiger partial charge on any atom is -0.334 e. The van der Waals surface area contributed by atoms with Crippen LogP contribution in [-0.4, -0.2) is 23.9 Å². The third-order valence-electron chi connectivity index (χ3n) is 1.21. The first kappa shape index (κ1) is 12.0. The van der Waals surface area contributed by atoms with Crippen molar-refractivity contribution in [3.05, 3.63) is 12.2 Å². The van der Waals surface area contributed by atoms with Gasteiger partial charge in [0.05, 0.1) is 0 Å². The van der Waals surface area contributed by atoms with E-state index < -0.39 is 17.3 Å². The Morgan fingerprint density at radius 3 is 2.62 bits per heavy atom. The number of carbonyl (C=O) groups excluding carboxylic acids is 2. The maximum atomic E-state index is 10.9. The van der Waals surface area contributed by atoms with Gasteiger partial charge in [-0.1, -0.05) is 12.2 Å². The highest BCUT2D eigenvalue weighted by atomic mass is 35.5. The summed E-state index contributed by atoms with van der Waals surface area (Å²) in [6, 6.07) is -0.532. The molecule has 2 N–H and O–H groups in total. The van der Waals surface area contributed by atoms with Crippen molar-refractivity contribution >= 4 is 23.5 Å². The Balaban J connectivity index is 3.68. The van der Waals surface area contributed by atoms with E-state index in [1.54, 1.807) is 12.2 Å². The van der Waals surface area contributed by atoms with Crippen LogP contribution in [0.5, 0.6) is 0 Å². The highest BCUT2D eigenvalue weighted by Gasteiger charge is 2.11. The molecule has 13 heavy (non-hydrogen) atoms. The number of nitrogens with one attached hydrogen (secondary N) is 2. The highest BCUT2D eigenvalue weighted by Crippen LogP contribution is 1.91. The van der Waals surface area contributed by atoms with Crippen LogP contribution in [-0.2, 0) is 4.79 Å². The Hall–Kier alpha value is -1.03. The van der Waals surface area contributed by atoms with Crippen LogP contribution in [0.15, 0.2) is 12.2 Å². The van der Waals surface area contributed by atoms with E-state index in [-0.39, 0.29) is 0 Å². The Bertz CT molecular complexity index is 214. The van der Waals surface area contributed by atoms with Gasteiger partial charge in [-0.15, -0.1) is 11.6 Å². The topological polar surface area (TPSA) is 58.2 Å². The number of allylic oxidation sites excluding steroid dienone is 1. The second-order valence-corrected chi connectivity index (χ2v) is 3.04. The van der Waals surface area contributed by atoms with Crippen molar-refractivity contribution in [2.24, 2.45) is 0 Å². The van der Waals surface area contributed by atoms with Crippen molar-refractivity contribution in [3.63, 3.8) is 0 Å². The molecule has 0 aliphatic carbocycles. The predicted molar refractivity (Wildman–Crippen MR) is 51.7 cm³/mol. The summed E-state index contributed by atoms with van der Waals surface area (Å²) in [6.45, 7) is 3.73. The zero-order chi connectivity index (χ0) is 10.3. The van der Waals surface area contributed by atoms with E-state index in [9.17, 15) is 9.59 Å². The van der Waals surface area contributed by atoms with Gasteiger partial charge in [0.15, 0.2) is 0 Å². The lowest BCUT2D eigenvalue weighted by Crippen LogP contribution is -2.42. The van der Waals surface area contributed by atoms with Crippen molar-refractivity contribution in [3.8, 4) is 0 Å². The molecule has 0 fully saturated rings. The molecular weight excluding hydrogens is 192 g/mol. The lowest BCUT2D eigenvalue weighted by molar-refractivity contribution is -0.119. The number of hydrogen-bond donors (Lipinski definition) is 2. The standard InChI is InChI=1S/C8H13ClN2O2/c1-3-4-5-10-8(13)11-7(12)6(2)9/h3-4,6H,5H2,1-2H3,(H2,10,11,12,13)/b4-3+. The fraction of sp³-hybridized carbons (Fsp3) is 0.500. The number of carbonyl (C=O) groups is 2. The van der Waals surface area contributed by atoms with Crippen LogP contribution < -0.4 is 10.6 Å². The molecule has 0 aromatic heterocycles. The van der Waals surface area contributed by atoms with E-state index in [1.807, 2.05) is 6.92 Å². The number of halogens is 1. The Morgan fingerprint density at radius 1 is 1.54 bits per heavy atom. The van der Waals surface area contributed by atoms with Crippen LogP contribution in [0.3, 0.4) is 0 Å². The first-order valence-corrected chi connectivity index (χ1v) is 4.35. The third-order valence-corrected chi connectivity index (χ3v) is 1.41. The summed E-state index contributed by atoms with van der Waals surface area (Å²) in [5.74, 6) is -0.500. The number of urea groups is 1. The van der Waals surface area contributed by atoms with Gasteiger partial charge >= 0.3 is 6.03 Å². The molecule has 0 radical (unpaired) electrons. The van der Waals surface area contributed by atoms with Gasteiger partial charge in [-0.2, -0.15) is 0 Å². The van der Waals surface area contributed by atoms with Crippen LogP contribution in [0.2, 0.25) is 0 Å². The first-order valence-electron chi connectivity index (χ1n) is 3.91. The molecule has 0 heterocycles. The molecule has 3 amide bonds. The SMILES string of the molecule is C/C=C/CNC(=O)NC(=O)C(C)Cl. The quantitative estimate of drug-likeness (QED) is 0.533. The summed E-state index contributed by atoms with van der Waals surface area (Å²) in [6.07, 6.45) is 3.56. The minimum atomic E-state index is -0.701. The van der Waals surface area contributed by atoms with E-state index in [4.69, 9.17) is 11.6 Å². The van der Waals surface area contributed by atoms with Crippen LogP contribution in [0, 0.1) is 0 Å². The molecule has 0 aliphatic heterocycles. The molecule has 0 aliphatic rings. The van der Waals surface area contributed by atoms with Crippen molar-refractivity contribution in [2.45, 2.75) is 19.2 Å². The maximum Gasteiger partial charge on any atom is 0.321 e. The van der Waals surface area contributed by atoms with Gasteiger partial charge in [-0.3, -0.25) is 10.1 Å². The van der Waals surface area contributed by atoms with Crippen LogP contribution in [0.4, 0.5) is 4.79 Å². The monoisotopic (exact) mass is 204 g/mol. The van der Waals surface area contributed by atoms with E-state index in [0.29, 0.717) is 6.54 Å². The predicted octanol–water partition coefficient (Wildman–Crippen LogP) is 1.02. The average Bonchev–Trinajstić information content (AvgIpc) is 2.04. The van der Waals surface area contributed by atoms with Crippen molar-refractivity contribution in [1.29, 1.82) is 0 Å².